The third-order valence-corrected chi connectivity index (χ3v) is 2.74. The first kappa shape index (κ1) is 12.9. The number of benzene rings is 2. The lowest BCUT2D eigenvalue weighted by atomic mass is 10.1. The first-order valence-corrected chi connectivity index (χ1v) is 5.95. The van der Waals surface area contributed by atoms with E-state index in [0.717, 1.165) is 11.3 Å². The van der Waals surface area contributed by atoms with Gasteiger partial charge in [-0.3, -0.25) is 0 Å². The van der Waals surface area contributed by atoms with Crippen molar-refractivity contribution in [2.45, 2.75) is 0 Å². The molecule has 0 aliphatic rings. The van der Waals surface area contributed by atoms with Crippen LogP contribution >= 0.6 is 0 Å². The number of rotatable bonds is 4. The van der Waals surface area contributed by atoms with Gasteiger partial charge in [-0.25, -0.2) is 4.79 Å². The van der Waals surface area contributed by atoms with Crippen LogP contribution in [0.5, 0.6) is 5.75 Å². The third-order valence-electron chi connectivity index (χ3n) is 2.74. The van der Waals surface area contributed by atoms with Crippen molar-refractivity contribution in [2.75, 3.05) is 12.4 Å². The minimum atomic E-state index is -0.368. The molecular formula is C16H15NO2. The number of ether oxygens (including phenoxy) is 1. The largest absolute Gasteiger partial charge is 0.423 e. The maximum Gasteiger partial charge on any atom is 0.343 e. The zero-order valence-electron chi connectivity index (χ0n) is 10.7. The third kappa shape index (κ3) is 3.22. The molecule has 3 nitrogen and oxygen atoms in total. The molecule has 0 unspecified atom stereocenters. The van der Waals surface area contributed by atoms with Gasteiger partial charge in [0, 0.05) is 12.7 Å². The minimum absolute atomic E-state index is 0.368. The molecule has 0 aliphatic carbocycles. The first-order valence-electron chi connectivity index (χ1n) is 5.95. The zero-order valence-corrected chi connectivity index (χ0v) is 10.7. The van der Waals surface area contributed by atoms with Crippen LogP contribution < -0.4 is 10.1 Å². The van der Waals surface area contributed by atoms with Gasteiger partial charge < -0.3 is 10.1 Å². The molecule has 19 heavy (non-hydrogen) atoms. The average molecular weight is 253 g/mol. The summed E-state index contributed by atoms with van der Waals surface area (Å²) < 4.78 is 5.28. The van der Waals surface area contributed by atoms with Crippen molar-refractivity contribution in [3.05, 3.63) is 66.2 Å². The number of hydrogen-bond acceptors (Lipinski definition) is 3. The SMILES string of the molecule is C=Cc1ccc(C(=O)Oc2ccc(NC)cc2)cc1. The number of hydrogen-bond donors (Lipinski definition) is 1. The quantitative estimate of drug-likeness (QED) is 0.668. The van der Waals surface area contributed by atoms with Crippen LogP contribution in [0.4, 0.5) is 5.69 Å². The van der Waals surface area contributed by atoms with Crippen LogP contribution in [0.15, 0.2) is 55.1 Å². The molecule has 0 aliphatic heterocycles. The average Bonchev–Trinajstić information content (AvgIpc) is 2.48. The summed E-state index contributed by atoms with van der Waals surface area (Å²) in [5, 5.41) is 3.00. The molecular weight excluding hydrogens is 238 g/mol. The lowest BCUT2D eigenvalue weighted by Crippen LogP contribution is -2.08. The van der Waals surface area contributed by atoms with E-state index < -0.39 is 0 Å². The van der Waals surface area contributed by atoms with E-state index >= 15 is 0 Å². The van der Waals surface area contributed by atoms with E-state index in [4.69, 9.17) is 4.74 Å². The van der Waals surface area contributed by atoms with E-state index in [0.29, 0.717) is 11.3 Å². The molecule has 0 bridgehead atoms. The summed E-state index contributed by atoms with van der Waals surface area (Å²) in [4.78, 5) is 11.9. The van der Waals surface area contributed by atoms with Gasteiger partial charge >= 0.3 is 5.97 Å². The number of carbonyl (C=O) groups is 1. The van der Waals surface area contributed by atoms with E-state index in [2.05, 4.69) is 11.9 Å². The fourth-order valence-electron chi connectivity index (χ4n) is 1.61. The van der Waals surface area contributed by atoms with Crippen LogP contribution in [-0.4, -0.2) is 13.0 Å². The zero-order chi connectivity index (χ0) is 13.7. The summed E-state index contributed by atoms with van der Waals surface area (Å²) in [6.07, 6.45) is 1.73. The summed E-state index contributed by atoms with van der Waals surface area (Å²) in [6, 6.07) is 14.3. The van der Waals surface area contributed by atoms with Crippen molar-refractivity contribution >= 4 is 17.7 Å². The highest BCUT2D eigenvalue weighted by molar-refractivity contribution is 5.91. The normalized spacial score (nSPS) is 9.74. The van der Waals surface area contributed by atoms with E-state index in [1.54, 1.807) is 30.3 Å². The van der Waals surface area contributed by atoms with Gasteiger partial charge in [-0.15, -0.1) is 0 Å². The minimum Gasteiger partial charge on any atom is -0.423 e. The Morgan fingerprint density at radius 3 is 2.26 bits per heavy atom. The van der Waals surface area contributed by atoms with E-state index in [1.807, 2.05) is 31.3 Å². The maximum absolute atomic E-state index is 11.9. The number of esters is 1. The van der Waals surface area contributed by atoms with Gasteiger partial charge in [0.2, 0.25) is 0 Å². The van der Waals surface area contributed by atoms with Gasteiger partial charge in [0.05, 0.1) is 5.56 Å². The van der Waals surface area contributed by atoms with Crippen LogP contribution in [0, 0.1) is 0 Å². The van der Waals surface area contributed by atoms with E-state index in [1.165, 1.54) is 0 Å². The molecule has 2 rings (SSSR count). The monoisotopic (exact) mass is 253 g/mol. The Hall–Kier alpha value is -2.55. The van der Waals surface area contributed by atoms with Crippen molar-refractivity contribution < 1.29 is 9.53 Å². The highest BCUT2D eigenvalue weighted by atomic mass is 16.5. The van der Waals surface area contributed by atoms with Gasteiger partial charge in [-0.2, -0.15) is 0 Å². The molecule has 0 fully saturated rings. The molecule has 96 valence electrons. The fraction of sp³-hybridized carbons (Fsp3) is 0.0625. The Balaban J connectivity index is 2.08. The highest BCUT2D eigenvalue weighted by Gasteiger charge is 2.07. The van der Waals surface area contributed by atoms with Gasteiger partial charge in [0.15, 0.2) is 0 Å². The smallest absolute Gasteiger partial charge is 0.343 e. The van der Waals surface area contributed by atoms with Crippen LogP contribution in [0.2, 0.25) is 0 Å². The standard InChI is InChI=1S/C16H15NO2/c1-3-12-4-6-13(7-5-12)16(18)19-15-10-8-14(17-2)9-11-15/h3-11,17H,1H2,2H3. The molecule has 2 aromatic carbocycles. The summed E-state index contributed by atoms with van der Waals surface area (Å²) in [7, 11) is 1.84. The second-order valence-corrected chi connectivity index (χ2v) is 3.99. The van der Waals surface area contributed by atoms with Crippen molar-refractivity contribution in [3.63, 3.8) is 0 Å². The lowest BCUT2D eigenvalue weighted by molar-refractivity contribution is 0.0735. The molecule has 0 atom stereocenters. The molecule has 0 amide bonds. The van der Waals surface area contributed by atoms with Crippen molar-refractivity contribution in [1.29, 1.82) is 0 Å². The lowest BCUT2D eigenvalue weighted by Gasteiger charge is -2.05. The van der Waals surface area contributed by atoms with Gasteiger partial charge in [0.25, 0.3) is 0 Å². The van der Waals surface area contributed by atoms with Gasteiger partial charge in [0.1, 0.15) is 5.75 Å². The Morgan fingerprint density at radius 1 is 1.11 bits per heavy atom. The van der Waals surface area contributed by atoms with Crippen LogP contribution in [0.25, 0.3) is 6.08 Å². The Labute approximate surface area is 112 Å². The van der Waals surface area contributed by atoms with Crippen LogP contribution in [0.3, 0.4) is 0 Å². The first-order chi connectivity index (χ1) is 9.22. The van der Waals surface area contributed by atoms with E-state index in [9.17, 15) is 4.79 Å². The summed E-state index contributed by atoms with van der Waals surface area (Å²) in [6.45, 7) is 3.67. The van der Waals surface area contributed by atoms with Crippen LogP contribution in [0.1, 0.15) is 15.9 Å². The van der Waals surface area contributed by atoms with E-state index in [-0.39, 0.29) is 5.97 Å². The van der Waals surface area contributed by atoms with Gasteiger partial charge in [-0.1, -0.05) is 24.8 Å². The predicted molar refractivity (Wildman–Crippen MR) is 77.5 cm³/mol. The molecule has 3 heteroatoms. The molecule has 0 saturated carbocycles. The number of carbonyl (C=O) groups excluding carboxylic acids is 1. The number of anilines is 1. The number of nitrogens with one attached hydrogen (secondary N) is 1. The molecule has 0 spiro atoms. The Bertz CT molecular complexity index is 571. The summed E-state index contributed by atoms with van der Waals surface area (Å²) >= 11 is 0. The van der Waals surface area contributed by atoms with Crippen molar-refractivity contribution in [3.8, 4) is 5.75 Å². The topological polar surface area (TPSA) is 38.3 Å². The molecule has 0 aromatic heterocycles. The summed E-state index contributed by atoms with van der Waals surface area (Å²) in [5.74, 6) is 0.157. The van der Waals surface area contributed by atoms with Crippen molar-refractivity contribution in [2.24, 2.45) is 0 Å². The second kappa shape index (κ2) is 5.87. The molecule has 0 radical (unpaired) electrons. The fourth-order valence-corrected chi connectivity index (χ4v) is 1.61. The summed E-state index contributed by atoms with van der Waals surface area (Å²) in [5.41, 5.74) is 2.45. The molecule has 2 aromatic rings. The predicted octanol–water partition coefficient (Wildman–Crippen LogP) is 3.59. The van der Waals surface area contributed by atoms with Crippen LogP contribution in [-0.2, 0) is 0 Å². The van der Waals surface area contributed by atoms with Gasteiger partial charge in [-0.05, 0) is 42.0 Å². The highest BCUT2D eigenvalue weighted by Crippen LogP contribution is 2.17. The molecule has 1 N–H and O–H groups in total. The Morgan fingerprint density at radius 2 is 1.74 bits per heavy atom. The Kier molecular flexibility index (Phi) is 3.98. The molecule has 0 heterocycles. The maximum atomic E-state index is 11.9. The molecule has 0 saturated heterocycles. The van der Waals surface area contributed by atoms with Crippen molar-refractivity contribution in [1.82, 2.24) is 0 Å². The second-order valence-electron chi connectivity index (χ2n) is 3.99.